The lowest BCUT2D eigenvalue weighted by molar-refractivity contribution is 0.865. The van der Waals surface area contributed by atoms with Gasteiger partial charge in [0.05, 0.1) is 5.52 Å². The number of halogens is 1. The first-order chi connectivity index (χ1) is 15.1. The summed E-state index contributed by atoms with van der Waals surface area (Å²) >= 11 is 6.20. The minimum absolute atomic E-state index is 0.523. The molecule has 0 aliphatic rings. The standard InChI is InChI=1S/C25H22ClN5/c1-16(2)18-12-10-17(11-13-18)15-27-24-21-8-3-4-9-22(21)31-25(28-24)23(29-30-31)19-6-5-7-20(26)14-19/h3-14,16H,15H2,1-2H3,(H,27,28). The maximum absolute atomic E-state index is 6.20. The SMILES string of the molecule is CC(C)c1ccc(CNc2nc3c(-c4cccc(Cl)c4)nnn3c3ccccc23)cc1. The predicted octanol–water partition coefficient (Wildman–Crippen LogP) is 6.33. The number of rotatable bonds is 5. The van der Waals surface area contributed by atoms with Gasteiger partial charge in [-0.3, -0.25) is 0 Å². The average molecular weight is 428 g/mol. The predicted molar refractivity (Wildman–Crippen MR) is 127 cm³/mol. The second-order valence-corrected chi connectivity index (χ2v) is 8.35. The summed E-state index contributed by atoms with van der Waals surface area (Å²) in [7, 11) is 0. The summed E-state index contributed by atoms with van der Waals surface area (Å²) < 4.78 is 1.79. The molecule has 1 N–H and O–H groups in total. The third-order valence-corrected chi connectivity index (χ3v) is 5.69. The quantitative estimate of drug-likeness (QED) is 0.356. The Bertz CT molecular complexity index is 1370. The zero-order chi connectivity index (χ0) is 21.4. The number of hydrogen-bond donors (Lipinski definition) is 1. The van der Waals surface area contributed by atoms with E-state index in [1.807, 2.05) is 48.5 Å². The topological polar surface area (TPSA) is 55.1 Å². The van der Waals surface area contributed by atoms with Crippen molar-refractivity contribution in [2.24, 2.45) is 0 Å². The second-order valence-electron chi connectivity index (χ2n) is 7.91. The van der Waals surface area contributed by atoms with E-state index in [4.69, 9.17) is 16.6 Å². The Hall–Kier alpha value is -3.44. The molecule has 0 atom stereocenters. The number of fused-ring (bicyclic) bond motifs is 3. The molecular weight excluding hydrogens is 406 g/mol. The Balaban J connectivity index is 1.57. The molecule has 2 aromatic heterocycles. The molecule has 5 aromatic rings. The summed E-state index contributed by atoms with van der Waals surface area (Å²) in [6.45, 7) is 5.09. The van der Waals surface area contributed by atoms with E-state index >= 15 is 0 Å². The van der Waals surface area contributed by atoms with Gasteiger partial charge in [-0.05, 0) is 41.3 Å². The van der Waals surface area contributed by atoms with Crippen LogP contribution in [0.2, 0.25) is 5.02 Å². The van der Waals surface area contributed by atoms with E-state index in [2.05, 4.69) is 53.7 Å². The normalized spacial score (nSPS) is 11.5. The molecule has 0 unspecified atom stereocenters. The third-order valence-electron chi connectivity index (χ3n) is 5.46. The molecule has 31 heavy (non-hydrogen) atoms. The van der Waals surface area contributed by atoms with Gasteiger partial charge in [0.2, 0.25) is 0 Å². The van der Waals surface area contributed by atoms with Crippen LogP contribution in [0.15, 0.2) is 72.8 Å². The van der Waals surface area contributed by atoms with Gasteiger partial charge in [0, 0.05) is 22.5 Å². The van der Waals surface area contributed by atoms with Gasteiger partial charge < -0.3 is 5.32 Å². The van der Waals surface area contributed by atoms with Crippen molar-refractivity contribution in [3.63, 3.8) is 0 Å². The monoisotopic (exact) mass is 427 g/mol. The fourth-order valence-corrected chi connectivity index (χ4v) is 3.92. The zero-order valence-electron chi connectivity index (χ0n) is 17.4. The zero-order valence-corrected chi connectivity index (χ0v) is 18.1. The molecule has 0 aliphatic heterocycles. The number of nitrogens with zero attached hydrogens (tertiary/aromatic N) is 4. The minimum atomic E-state index is 0.523. The first kappa shape index (κ1) is 19.5. The molecule has 5 nitrogen and oxygen atoms in total. The minimum Gasteiger partial charge on any atom is -0.365 e. The van der Waals surface area contributed by atoms with Crippen LogP contribution in [0.1, 0.15) is 30.9 Å². The van der Waals surface area contributed by atoms with Gasteiger partial charge in [0.15, 0.2) is 5.65 Å². The van der Waals surface area contributed by atoms with Gasteiger partial charge in [-0.2, -0.15) is 4.52 Å². The van der Waals surface area contributed by atoms with Crippen molar-refractivity contribution in [1.82, 2.24) is 19.8 Å². The van der Waals surface area contributed by atoms with E-state index in [0.717, 1.165) is 22.3 Å². The van der Waals surface area contributed by atoms with E-state index in [-0.39, 0.29) is 0 Å². The Labute approximate surface area is 185 Å². The van der Waals surface area contributed by atoms with Gasteiger partial charge in [-0.25, -0.2) is 4.98 Å². The maximum Gasteiger partial charge on any atom is 0.186 e. The molecule has 0 saturated heterocycles. The lowest BCUT2D eigenvalue weighted by Gasteiger charge is -2.11. The van der Waals surface area contributed by atoms with E-state index in [9.17, 15) is 0 Å². The number of nitrogens with one attached hydrogen (secondary N) is 1. The highest BCUT2D eigenvalue weighted by molar-refractivity contribution is 6.30. The van der Waals surface area contributed by atoms with E-state index in [1.54, 1.807) is 4.52 Å². The summed E-state index contributed by atoms with van der Waals surface area (Å²) in [6.07, 6.45) is 0. The number of aromatic nitrogens is 4. The molecule has 0 amide bonds. The van der Waals surface area contributed by atoms with Gasteiger partial charge in [-0.15, -0.1) is 5.10 Å². The highest BCUT2D eigenvalue weighted by atomic mass is 35.5. The summed E-state index contributed by atoms with van der Waals surface area (Å²) in [5, 5.41) is 13.9. The maximum atomic E-state index is 6.20. The fourth-order valence-electron chi connectivity index (χ4n) is 3.73. The van der Waals surface area contributed by atoms with Crippen LogP contribution in [0.5, 0.6) is 0 Å². The molecule has 0 spiro atoms. The van der Waals surface area contributed by atoms with Gasteiger partial charge in [0.1, 0.15) is 11.5 Å². The van der Waals surface area contributed by atoms with Crippen molar-refractivity contribution >= 4 is 34.0 Å². The third kappa shape index (κ3) is 3.73. The van der Waals surface area contributed by atoms with Crippen LogP contribution >= 0.6 is 11.6 Å². The molecule has 2 heterocycles. The van der Waals surface area contributed by atoms with Crippen LogP contribution < -0.4 is 5.32 Å². The Morgan fingerprint density at radius 2 is 1.77 bits per heavy atom. The van der Waals surface area contributed by atoms with Crippen LogP contribution in [0, 0.1) is 0 Å². The molecule has 6 heteroatoms. The van der Waals surface area contributed by atoms with E-state index in [0.29, 0.717) is 28.8 Å². The van der Waals surface area contributed by atoms with E-state index in [1.165, 1.54) is 11.1 Å². The van der Waals surface area contributed by atoms with Crippen molar-refractivity contribution in [2.75, 3.05) is 5.32 Å². The molecule has 154 valence electrons. The lowest BCUT2D eigenvalue weighted by atomic mass is 10.0. The van der Waals surface area contributed by atoms with Crippen molar-refractivity contribution in [3.05, 3.63) is 88.9 Å². The number of para-hydroxylation sites is 1. The Morgan fingerprint density at radius 3 is 2.55 bits per heavy atom. The van der Waals surface area contributed by atoms with Crippen molar-refractivity contribution in [2.45, 2.75) is 26.3 Å². The summed E-state index contributed by atoms with van der Waals surface area (Å²) in [4.78, 5) is 4.91. The van der Waals surface area contributed by atoms with Crippen LogP contribution in [0.3, 0.4) is 0 Å². The second kappa shape index (κ2) is 8.00. The molecule has 5 rings (SSSR count). The summed E-state index contributed by atoms with van der Waals surface area (Å²) in [6, 6.07) is 24.4. The average Bonchev–Trinajstić information content (AvgIpc) is 3.22. The highest BCUT2D eigenvalue weighted by Gasteiger charge is 2.16. The molecule has 0 fully saturated rings. The summed E-state index contributed by atoms with van der Waals surface area (Å²) in [5.41, 5.74) is 5.78. The van der Waals surface area contributed by atoms with Crippen molar-refractivity contribution in [3.8, 4) is 11.3 Å². The molecule has 0 radical (unpaired) electrons. The van der Waals surface area contributed by atoms with Crippen LogP contribution in [0.25, 0.3) is 27.8 Å². The van der Waals surface area contributed by atoms with Gasteiger partial charge in [0.25, 0.3) is 0 Å². The largest absolute Gasteiger partial charge is 0.365 e. The van der Waals surface area contributed by atoms with Crippen LogP contribution in [0.4, 0.5) is 5.82 Å². The lowest BCUT2D eigenvalue weighted by Crippen LogP contribution is -2.05. The summed E-state index contributed by atoms with van der Waals surface area (Å²) in [5.74, 6) is 1.33. The first-order valence-electron chi connectivity index (χ1n) is 10.3. The molecule has 0 saturated carbocycles. The van der Waals surface area contributed by atoms with Crippen LogP contribution in [-0.4, -0.2) is 19.8 Å². The highest BCUT2D eigenvalue weighted by Crippen LogP contribution is 2.29. The molecule has 0 aliphatic carbocycles. The number of hydrogen-bond acceptors (Lipinski definition) is 4. The fraction of sp³-hybridized carbons (Fsp3) is 0.160. The molecule has 0 bridgehead atoms. The van der Waals surface area contributed by atoms with Crippen molar-refractivity contribution < 1.29 is 0 Å². The van der Waals surface area contributed by atoms with Crippen molar-refractivity contribution in [1.29, 1.82) is 0 Å². The van der Waals surface area contributed by atoms with Gasteiger partial charge in [-0.1, -0.05) is 79.2 Å². The smallest absolute Gasteiger partial charge is 0.186 e. The Kier molecular flexibility index (Phi) is 5.04. The molecule has 3 aromatic carbocycles. The number of anilines is 1. The van der Waals surface area contributed by atoms with Crippen LogP contribution in [-0.2, 0) is 6.54 Å². The molecular formula is C25H22ClN5. The number of benzene rings is 3. The Morgan fingerprint density at radius 1 is 0.968 bits per heavy atom. The first-order valence-corrected chi connectivity index (χ1v) is 10.7. The van der Waals surface area contributed by atoms with Gasteiger partial charge >= 0.3 is 0 Å². The van der Waals surface area contributed by atoms with E-state index < -0.39 is 0 Å².